The maximum Gasteiger partial charge on any atom is 0.357 e. The summed E-state index contributed by atoms with van der Waals surface area (Å²) in [5.74, 6) is -4.20. The van der Waals surface area contributed by atoms with E-state index in [2.05, 4.69) is 10.2 Å². The maximum absolute atomic E-state index is 13.5. The first-order valence-corrected chi connectivity index (χ1v) is 6.97. The van der Waals surface area contributed by atoms with Crippen LogP contribution in [0.2, 0.25) is 0 Å². The zero-order valence-corrected chi connectivity index (χ0v) is 11.3. The number of aromatic nitrogens is 2. The minimum absolute atomic E-state index is 0.0447. The van der Waals surface area contributed by atoms with Crippen LogP contribution in [0.4, 0.5) is 14.5 Å². The summed E-state index contributed by atoms with van der Waals surface area (Å²) in [5, 5.41) is 14.5. The third kappa shape index (κ3) is 2.70. The van der Waals surface area contributed by atoms with Gasteiger partial charge in [-0.15, -0.1) is 0 Å². The smallest absolute Gasteiger partial charge is 0.357 e. The number of hydrogen-bond donors (Lipinski definition) is 3. The number of sulfonamides is 1. The molecular weight excluding hydrogens is 308 g/mol. The second-order valence-electron chi connectivity index (χ2n) is 4.04. The summed E-state index contributed by atoms with van der Waals surface area (Å²) in [6, 6.07) is 2.93. The Hall–Kier alpha value is -2.49. The Morgan fingerprint density at radius 2 is 2.05 bits per heavy atom. The van der Waals surface area contributed by atoms with Gasteiger partial charge in [0.05, 0.1) is 11.4 Å². The highest BCUT2D eigenvalue weighted by Crippen LogP contribution is 2.24. The zero-order chi connectivity index (χ0) is 15.8. The van der Waals surface area contributed by atoms with Crippen LogP contribution in [0.3, 0.4) is 0 Å². The lowest BCUT2D eigenvalue weighted by atomic mass is 10.3. The number of nitrogens with one attached hydrogen (secondary N) is 2. The van der Waals surface area contributed by atoms with Gasteiger partial charge >= 0.3 is 5.97 Å². The number of carboxylic acids is 1. The van der Waals surface area contributed by atoms with Crippen molar-refractivity contribution in [1.29, 1.82) is 0 Å². The minimum atomic E-state index is -4.45. The van der Waals surface area contributed by atoms with E-state index < -0.39 is 43.9 Å². The molecule has 0 unspecified atom stereocenters. The van der Waals surface area contributed by atoms with Crippen molar-refractivity contribution in [3.8, 4) is 0 Å². The molecule has 7 nitrogen and oxygen atoms in total. The van der Waals surface area contributed by atoms with Gasteiger partial charge in [-0.3, -0.25) is 9.82 Å². The summed E-state index contributed by atoms with van der Waals surface area (Å²) in [6.45, 7) is 1.29. The average molecular weight is 317 g/mol. The van der Waals surface area contributed by atoms with E-state index in [0.29, 0.717) is 0 Å². The van der Waals surface area contributed by atoms with Crippen molar-refractivity contribution in [2.24, 2.45) is 0 Å². The number of aromatic carboxylic acids is 1. The van der Waals surface area contributed by atoms with Crippen molar-refractivity contribution in [2.75, 3.05) is 4.72 Å². The van der Waals surface area contributed by atoms with Gasteiger partial charge in [0.25, 0.3) is 10.0 Å². The second-order valence-corrected chi connectivity index (χ2v) is 5.66. The first-order chi connectivity index (χ1) is 9.74. The number of hydrogen-bond acceptors (Lipinski definition) is 4. The van der Waals surface area contributed by atoms with Gasteiger partial charge in [-0.05, 0) is 19.1 Å². The fourth-order valence-corrected chi connectivity index (χ4v) is 3.06. The Balaban J connectivity index is 2.51. The van der Waals surface area contributed by atoms with E-state index in [0.717, 1.165) is 18.2 Å². The first kappa shape index (κ1) is 14.9. The molecule has 0 amide bonds. The molecule has 0 bridgehead atoms. The molecule has 0 aliphatic heterocycles. The van der Waals surface area contributed by atoms with Gasteiger partial charge in [-0.1, -0.05) is 6.07 Å². The number of carbonyl (C=O) groups is 1. The highest BCUT2D eigenvalue weighted by atomic mass is 32.2. The minimum Gasteiger partial charge on any atom is -0.476 e. The van der Waals surface area contributed by atoms with Gasteiger partial charge in [-0.2, -0.15) is 5.10 Å². The Kier molecular flexibility index (Phi) is 3.64. The van der Waals surface area contributed by atoms with Crippen LogP contribution in [-0.4, -0.2) is 29.7 Å². The molecule has 0 fully saturated rings. The molecule has 0 saturated carbocycles. The van der Waals surface area contributed by atoms with Gasteiger partial charge in [0.2, 0.25) is 0 Å². The third-order valence-corrected chi connectivity index (χ3v) is 4.08. The van der Waals surface area contributed by atoms with E-state index in [1.807, 2.05) is 0 Å². The lowest BCUT2D eigenvalue weighted by Gasteiger charge is -2.09. The summed E-state index contributed by atoms with van der Waals surface area (Å²) >= 11 is 0. The number of H-pyrrole nitrogens is 1. The van der Waals surface area contributed by atoms with E-state index >= 15 is 0 Å². The molecule has 1 aromatic carbocycles. The number of aryl methyl sites for hydroxylation is 1. The number of aromatic amines is 1. The topological polar surface area (TPSA) is 112 Å². The number of benzene rings is 1. The molecule has 2 aromatic rings. The monoisotopic (exact) mass is 317 g/mol. The Labute approximate surface area is 117 Å². The van der Waals surface area contributed by atoms with Gasteiger partial charge in [0.15, 0.2) is 17.3 Å². The highest BCUT2D eigenvalue weighted by Gasteiger charge is 2.29. The molecule has 0 aliphatic rings. The van der Waals surface area contributed by atoms with Crippen LogP contribution < -0.4 is 4.72 Å². The third-order valence-electron chi connectivity index (χ3n) is 2.56. The molecule has 10 heteroatoms. The van der Waals surface area contributed by atoms with Gasteiger partial charge in [0, 0.05) is 0 Å². The van der Waals surface area contributed by atoms with Crippen molar-refractivity contribution >= 4 is 21.7 Å². The normalized spacial score (nSPS) is 11.4. The number of halogens is 2. The largest absolute Gasteiger partial charge is 0.476 e. The van der Waals surface area contributed by atoms with Crippen LogP contribution in [0.5, 0.6) is 0 Å². The van der Waals surface area contributed by atoms with E-state index in [4.69, 9.17) is 5.11 Å². The number of anilines is 1. The lowest BCUT2D eigenvalue weighted by Crippen LogP contribution is -2.18. The molecule has 1 aromatic heterocycles. The van der Waals surface area contributed by atoms with E-state index in [9.17, 15) is 22.0 Å². The molecule has 2 rings (SSSR count). The van der Waals surface area contributed by atoms with E-state index in [-0.39, 0.29) is 5.69 Å². The Bertz CT molecular complexity index is 817. The van der Waals surface area contributed by atoms with E-state index in [1.165, 1.54) is 6.92 Å². The summed E-state index contributed by atoms with van der Waals surface area (Å²) in [6.07, 6.45) is 0. The molecular formula is C11H9F2N3O4S. The average Bonchev–Trinajstić information content (AvgIpc) is 2.78. The van der Waals surface area contributed by atoms with Gasteiger partial charge < -0.3 is 5.11 Å². The number of nitrogens with zero attached hydrogens (tertiary/aromatic N) is 1. The predicted molar refractivity (Wildman–Crippen MR) is 67.5 cm³/mol. The predicted octanol–water partition coefficient (Wildman–Crippen LogP) is 1.50. The quantitative estimate of drug-likeness (QED) is 0.791. The number of carboxylic acid groups (broad SMARTS) is 1. The Morgan fingerprint density at radius 1 is 1.38 bits per heavy atom. The SMILES string of the molecule is Cc1[nH]nc(C(=O)O)c1S(=O)(=O)Nc1cccc(F)c1F. The van der Waals surface area contributed by atoms with Crippen LogP contribution in [0.15, 0.2) is 23.1 Å². The highest BCUT2D eigenvalue weighted by molar-refractivity contribution is 7.92. The molecule has 21 heavy (non-hydrogen) atoms. The summed E-state index contributed by atoms with van der Waals surface area (Å²) in [4.78, 5) is 10.3. The summed E-state index contributed by atoms with van der Waals surface area (Å²) in [7, 11) is -4.45. The van der Waals surface area contributed by atoms with Crippen molar-refractivity contribution in [2.45, 2.75) is 11.8 Å². The molecule has 0 aliphatic carbocycles. The van der Waals surface area contributed by atoms with Crippen LogP contribution in [-0.2, 0) is 10.0 Å². The zero-order valence-electron chi connectivity index (χ0n) is 10.5. The van der Waals surface area contributed by atoms with Gasteiger partial charge in [0.1, 0.15) is 4.90 Å². The van der Waals surface area contributed by atoms with Crippen molar-refractivity contribution < 1.29 is 27.1 Å². The molecule has 1 heterocycles. The van der Waals surface area contributed by atoms with Crippen LogP contribution in [0.1, 0.15) is 16.2 Å². The van der Waals surface area contributed by atoms with Crippen molar-refractivity contribution in [1.82, 2.24) is 10.2 Å². The van der Waals surface area contributed by atoms with Crippen LogP contribution >= 0.6 is 0 Å². The molecule has 3 N–H and O–H groups in total. The molecule has 0 atom stereocenters. The maximum atomic E-state index is 13.5. The number of rotatable bonds is 4. The summed E-state index contributed by atoms with van der Waals surface area (Å²) < 4.78 is 52.7. The molecule has 0 saturated heterocycles. The standard InChI is InChI=1S/C11H9F2N3O4S/c1-5-10(9(11(17)18)15-14-5)21(19,20)16-7-4-2-3-6(12)8(7)13/h2-4,16H,1H3,(H,14,15)(H,17,18). The molecule has 112 valence electrons. The van der Waals surface area contributed by atoms with Crippen molar-refractivity contribution in [3.05, 3.63) is 41.2 Å². The second kappa shape index (κ2) is 5.13. The molecule has 0 radical (unpaired) electrons. The van der Waals surface area contributed by atoms with Crippen molar-refractivity contribution in [3.63, 3.8) is 0 Å². The first-order valence-electron chi connectivity index (χ1n) is 5.49. The van der Waals surface area contributed by atoms with Gasteiger partial charge in [-0.25, -0.2) is 22.0 Å². The lowest BCUT2D eigenvalue weighted by molar-refractivity contribution is 0.0686. The fourth-order valence-electron chi connectivity index (χ4n) is 1.67. The summed E-state index contributed by atoms with van der Waals surface area (Å²) in [5.41, 5.74) is -1.42. The Morgan fingerprint density at radius 3 is 2.67 bits per heavy atom. The van der Waals surface area contributed by atoms with Crippen LogP contribution in [0.25, 0.3) is 0 Å². The fraction of sp³-hybridized carbons (Fsp3) is 0.0909. The molecule has 0 spiro atoms. The van der Waals surface area contributed by atoms with E-state index in [1.54, 1.807) is 4.72 Å². The van der Waals surface area contributed by atoms with Crippen LogP contribution in [0, 0.1) is 18.6 Å².